The van der Waals surface area contributed by atoms with Crippen molar-refractivity contribution in [3.8, 4) is 5.75 Å². The van der Waals surface area contributed by atoms with Crippen LogP contribution in [0.15, 0.2) is 53.1 Å². The van der Waals surface area contributed by atoms with Crippen LogP contribution in [0.5, 0.6) is 5.75 Å². The first-order valence-electron chi connectivity index (χ1n) is 12.1. The van der Waals surface area contributed by atoms with Gasteiger partial charge in [0.2, 0.25) is 5.91 Å². The van der Waals surface area contributed by atoms with Crippen LogP contribution in [0.2, 0.25) is 0 Å². The zero-order chi connectivity index (χ0) is 26.4. The van der Waals surface area contributed by atoms with Crippen LogP contribution in [0.1, 0.15) is 47.9 Å². The normalized spacial score (nSPS) is 14.9. The molecule has 1 saturated heterocycles. The third-order valence-electron chi connectivity index (χ3n) is 6.34. The van der Waals surface area contributed by atoms with Crippen molar-refractivity contribution in [3.63, 3.8) is 0 Å². The monoisotopic (exact) mass is 506 g/mol. The van der Waals surface area contributed by atoms with Gasteiger partial charge in [-0.1, -0.05) is 29.4 Å². The third-order valence-corrected chi connectivity index (χ3v) is 6.34. The lowest BCUT2D eigenvalue weighted by Gasteiger charge is -2.23. The molecule has 1 aliphatic rings. The number of carboxylic acids is 1. The van der Waals surface area contributed by atoms with E-state index in [0.29, 0.717) is 35.1 Å². The summed E-state index contributed by atoms with van der Waals surface area (Å²) in [6, 6.07) is 13.9. The van der Waals surface area contributed by atoms with E-state index in [1.807, 2.05) is 31.2 Å². The summed E-state index contributed by atoms with van der Waals surface area (Å²) in [6.07, 6.45) is 1.98. The lowest BCUT2D eigenvalue weighted by atomic mass is 10.1. The number of nitrogens with zero attached hydrogens (tertiary/aromatic N) is 2. The number of benzene rings is 2. The minimum absolute atomic E-state index is 0.0395. The molecular weight excluding hydrogens is 476 g/mol. The number of anilines is 2. The quantitative estimate of drug-likeness (QED) is 0.387. The van der Waals surface area contributed by atoms with Crippen molar-refractivity contribution >= 4 is 29.3 Å². The first-order valence-corrected chi connectivity index (χ1v) is 12.1. The van der Waals surface area contributed by atoms with Gasteiger partial charge in [-0.25, -0.2) is 4.79 Å². The molecule has 0 aliphatic carbocycles. The summed E-state index contributed by atoms with van der Waals surface area (Å²) in [6.45, 7) is 2.52. The standard InChI is InChI=1S/C27H30N4O6/c1-17-6-3-4-7-20(17)28-27(35)29-21-11-9-18(14-24(21)36-2)15-25(32)31-13-5-8-23(31)22-16-19(37-30-22)10-12-26(33)34/h3-4,6-7,9,11,14,16,23H,5,8,10,12-13,15H2,1-2H3,(H,33,34)(H2,28,29,35)/t23-/m0/s1. The van der Waals surface area contributed by atoms with Crippen LogP contribution in [0.4, 0.5) is 16.2 Å². The van der Waals surface area contributed by atoms with Crippen LogP contribution in [-0.4, -0.2) is 46.7 Å². The molecule has 37 heavy (non-hydrogen) atoms. The summed E-state index contributed by atoms with van der Waals surface area (Å²) >= 11 is 0. The van der Waals surface area contributed by atoms with Gasteiger partial charge in [0.25, 0.3) is 0 Å². The number of amides is 3. The lowest BCUT2D eigenvalue weighted by molar-refractivity contribution is -0.137. The van der Waals surface area contributed by atoms with E-state index in [0.717, 1.165) is 24.0 Å². The molecule has 2 heterocycles. The minimum atomic E-state index is -0.904. The van der Waals surface area contributed by atoms with Gasteiger partial charge in [0.1, 0.15) is 17.2 Å². The van der Waals surface area contributed by atoms with E-state index >= 15 is 0 Å². The summed E-state index contributed by atoms with van der Waals surface area (Å²) in [5, 5.41) is 18.6. The number of carbonyl (C=O) groups is 3. The van der Waals surface area contributed by atoms with E-state index in [1.54, 1.807) is 29.2 Å². The average Bonchev–Trinajstić information content (AvgIpc) is 3.54. The number of aryl methyl sites for hydroxylation is 2. The summed E-state index contributed by atoms with van der Waals surface area (Å²) < 4.78 is 10.8. The van der Waals surface area contributed by atoms with Crippen molar-refractivity contribution < 1.29 is 28.8 Å². The Labute approximate surface area is 214 Å². The summed E-state index contributed by atoms with van der Waals surface area (Å²) in [5.41, 5.74) is 3.53. The van der Waals surface area contributed by atoms with E-state index in [2.05, 4.69) is 15.8 Å². The third kappa shape index (κ3) is 6.46. The fourth-order valence-corrected chi connectivity index (χ4v) is 4.42. The molecule has 1 atom stereocenters. The molecule has 1 aromatic heterocycles. The van der Waals surface area contributed by atoms with Crippen LogP contribution >= 0.6 is 0 Å². The van der Waals surface area contributed by atoms with E-state index in [9.17, 15) is 14.4 Å². The van der Waals surface area contributed by atoms with Gasteiger partial charge in [-0.15, -0.1) is 0 Å². The van der Waals surface area contributed by atoms with Crippen molar-refractivity contribution in [3.05, 3.63) is 71.1 Å². The number of hydrogen-bond donors (Lipinski definition) is 3. The maximum Gasteiger partial charge on any atom is 0.323 e. The van der Waals surface area contributed by atoms with Crippen LogP contribution in [0.3, 0.4) is 0 Å². The van der Waals surface area contributed by atoms with Crippen molar-refractivity contribution in [2.45, 2.75) is 45.1 Å². The van der Waals surface area contributed by atoms with E-state index < -0.39 is 12.0 Å². The second-order valence-corrected chi connectivity index (χ2v) is 8.96. The van der Waals surface area contributed by atoms with Gasteiger partial charge in [-0.05, 0) is 49.1 Å². The van der Waals surface area contributed by atoms with E-state index in [4.69, 9.17) is 14.4 Å². The van der Waals surface area contributed by atoms with Gasteiger partial charge in [0, 0.05) is 24.7 Å². The first-order chi connectivity index (χ1) is 17.8. The molecule has 4 rings (SSSR count). The van der Waals surface area contributed by atoms with Crippen molar-refractivity contribution in [1.29, 1.82) is 0 Å². The maximum absolute atomic E-state index is 13.2. The fourth-order valence-electron chi connectivity index (χ4n) is 4.42. The SMILES string of the molecule is COc1cc(CC(=O)N2CCC[C@H]2c2cc(CCC(=O)O)on2)ccc1NC(=O)Nc1ccccc1C. The molecule has 10 nitrogen and oxygen atoms in total. The maximum atomic E-state index is 13.2. The molecular formula is C27H30N4O6. The molecule has 2 aromatic carbocycles. The molecule has 0 radical (unpaired) electrons. The predicted molar refractivity (Wildman–Crippen MR) is 137 cm³/mol. The summed E-state index contributed by atoms with van der Waals surface area (Å²) in [7, 11) is 1.51. The number of carboxylic acid groups (broad SMARTS) is 1. The summed E-state index contributed by atoms with van der Waals surface area (Å²) in [4.78, 5) is 38.3. The van der Waals surface area contributed by atoms with Gasteiger partial charge >= 0.3 is 12.0 Å². The highest BCUT2D eigenvalue weighted by Gasteiger charge is 2.32. The Morgan fingerprint density at radius 2 is 1.92 bits per heavy atom. The molecule has 10 heteroatoms. The van der Waals surface area contributed by atoms with Crippen LogP contribution < -0.4 is 15.4 Å². The number of ether oxygens (including phenoxy) is 1. The number of rotatable bonds is 9. The molecule has 0 bridgehead atoms. The highest BCUT2D eigenvalue weighted by molar-refractivity contribution is 6.01. The largest absolute Gasteiger partial charge is 0.495 e. The Kier molecular flexibility index (Phi) is 8.07. The van der Waals surface area contributed by atoms with E-state index in [-0.39, 0.29) is 31.2 Å². The van der Waals surface area contributed by atoms with Crippen LogP contribution in [0.25, 0.3) is 0 Å². The number of para-hydroxylation sites is 1. The van der Waals surface area contributed by atoms with Gasteiger partial charge in [-0.2, -0.15) is 0 Å². The Balaban J connectivity index is 1.39. The number of carbonyl (C=O) groups excluding carboxylic acids is 2. The molecule has 0 unspecified atom stereocenters. The van der Waals surface area contributed by atoms with Gasteiger partial charge in [-0.3, -0.25) is 9.59 Å². The molecule has 194 valence electrons. The lowest BCUT2D eigenvalue weighted by Crippen LogP contribution is -2.32. The second-order valence-electron chi connectivity index (χ2n) is 8.96. The Hall–Kier alpha value is -4.34. The molecule has 0 saturated carbocycles. The number of likely N-dealkylation sites (tertiary alicyclic amines) is 1. The van der Waals surface area contributed by atoms with Crippen molar-refractivity contribution in [1.82, 2.24) is 10.1 Å². The number of hydrogen-bond acceptors (Lipinski definition) is 6. The molecule has 1 aliphatic heterocycles. The van der Waals surface area contributed by atoms with Crippen LogP contribution in [0, 0.1) is 6.92 Å². The minimum Gasteiger partial charge on any atom is -0.495 e. The smallest absolute Gasteiger partial charge is 0.323 e. The van der Waals surface area contributed by atoms with Crippen molar-refractivity contribution in [2.75, 3.05) is 24.3 Å². The fraction of sp³-hybridized carbons (Fsp3) is 0.333. The first kappa shape index (κ1) is 25.7. The average molecular weight is 507 g/mol. The number of methoxy groups -OCH3 is 1. The topological polar surface area (TPSA) is 134 Å². The Bertz CT molecular complexity index is 1290. The summed E-state index contributed by atoms with van der Waals surface area (Å²) in [5.74, 6) is -0.0180. The highest BCUT2D eigenvalue weighted by Crippen LogP contribution is 2.33. The zero-order valence-electron chi connectivity index (χ0n) is 20.8. The molecule has 3 aromatic rings. The highest BCUT2D eigenvalue weighted by atomic mass is 16.5. The molecule has 0 spiro atoms. The second kappa shape index (κ2) is 11.6. The number of nitrogens with one attached hydrogen (secondary N) is 2. The van der Waals surface area contributed by atoms with Gasteiger partial charge in [0.05, 0.1) is 31.7 Å². The predicted octanol–water partition coefficient (Wildman–Crippen LogP) is 4.56. The van der Waals surface area contributed by atoms with Gasteiger partial charge < -0.3 is 29.9 Å². The molecule has 3 amide bonds. The van der Waals surface area contributed by atoms with Crippen LogP contribution in [-0.2, 0) is 22.4 Å². The zero-order valence-corrected chi connectivity index (χ0v) is 20.8. The number of aliphatic carboxylic acids is 1. The number of aromatic nitrogens is 1. The molecule has 1 fully saturated rings. The number of urea groups is 1. The Morgan fingerprint density at radius 1 is 1.14 bits per heavy atom. The van der Waals surface area contributed by atoms with Gasteiger partial charge in [0.15, 0.2) is 0 Å². The van der Waals surface area contributed by atoms with Crippen molar-refractivity contribution in [2.24, 2.45) is 0 Å². The van der Waals surface area contributed by atoms with E-state index in [1.165, 1.54) is 7.11 Å². The Morgan fingerprint density at radius 3 is 2.68 bits per heavy atom. The molecule has 3 N–H and O–H groups in total.